The van der Waals surface area contributed by atoms with Gasteiger partial charge < -0.3 is 16.2 Å². The second-order valence-corrected chi connectivity index (χ2v) is 2.78. The number of carboxylic acids is 1. The number of carbonyl (C=O) groups is 2. The summed E-state index contributed by atoms with van der Waals surface area (Å²) in [5.41, 5.74) is 1.91. The molecule has 0 aliphatic rings. The van der Waals surface area contributed by atoms with Gasteiger partial charge in [0.2, 0.25) is 5.91 Å². The highest BCUT2D eigenvalue weighted by atomic mass is 16.4. The van der Waals surface area contributed by atoms with Gasteiger partial charge in [0.25, 0.3) is 0 Å². The molecule has 0 bridgehead atoms. The summed E-state index contributed by atoms with van der Waals surface area (Å²) >= 11 is 0. The van der Waals surface area contributed by atoms with Crippen LogP contribution in [0.25, 0.3) is 0 Å². The molecule has 0 unspecified atom stereocenters. The Balaban J connectivity index is 3.95. The van der Waals surface area contributed by atoms with Gasteiger partial charge in [0.05, 0.1) is 6.54 Å². The van der Waals surface area contributed by atoms with Gasteiger partial charge in [0.1, 0.15) is 7.45 Å². The highest BCUT2D eigenvalue weighted by Gasteiger charge is 2.17. The topological polar surface area (TPSA) is 92.4 Å². The Labute approximate surface area is 78.8 Å². The number of hydrogen-bond donors (Lipinski definition) is 3. The number of aliphatic carboxylic acids is 1. The number of rotatable bonds is 7. The fourth-order valence-corrected chi connectivity index (χ4v) is 0.911. The summed E-state index contributed by atoms with van der Waals surface area (Å²) in [6.45, 7) is 1.77. The molecule has 5 nitrogen and oxygen atoms in total. The third-order valence-electron chi connectivity index (χ3n) is 1.64. The maximum absolute atomic E-state index is 11.0. The Bertz CT molecular complexity index is 199. The van der Waals surface area contributed by atoms with E-state index >= 15 is 0 Å². The first-order valence-corrected chi connectivity index (χ1v) is 4.28. The minimum atomic E-state index is -1.03. The van der Waals surface area contributed by atoms with Crippen LogP contribution in [0.4, 0.5) is 0 Å². The Kier molecular flexibility index (Phi) is 4.93. The number of carboxylic acid groups (broad SMARTS) is 1. The predicted octanol–water partition coefficient (Wildman–Crippen LogP) is -0.295. The van der Waals surface area contributed by atoms with E-state index in [9.17, 15) is 9.59 Å². The number of nitrogens with one attached hydrogen (secondary N) is 1. The summed E-state index contributed by atoms with van der Waals surface area (Å²) in [4.78, 5) is 21.6. The summed E-state index contributed by atoms with van der Waals surface area (Å²) in [5.74, 6) is -1.50. The van der Waals surface area contributed by atoms with Gasteiger partial charge in [0, 0.05) is 0 Å². The molecule has 0 spiro atoms. The molecule has 13 heavy (non-hydrogen) atoms. The molecule has 5 heteroatoms. The lowest BCUT2D eigenvalue weighted by molar-refractivity contribution is -0.141. The molecular weight excluding hydrogens is 172 g/mol. The summed E-state index contributed by atoms with van der Waals surface area (Å²) in [7, 11) is 0. The molecular formula is C8H16N2O3. The van der Waals surface area contributed by atoms with Crippen LogP contribution in [0.15, 0.2) is 0 Å². The molecule has 0 aliphatic carbocycles. The largest absolute Gasteiger partial charge is 0.480 e. The van der Waals surface area contributed by atoms with Crippen molar-refractivity contribution in [3.8, 4) is 0 Å². The first-order chi connectivity index (χ1) is 6.61. The van der Waals surface area contributed by atoms with Gasteiger partial charge >= 0.3 is 5.97 Å². The van der Waals surface area contributed by atoms with Gasteiger partial charge in [-0.1, -0.05) is 19.8 Å². The number of amides is 1. The van der Waals surface area contributed by atoms with E-state index in [0.29, 0.717) is 6.42 Å². The van der Waals surface area contributed by atoms with E-state index in [0.717, 1.165) is 12.8 Å². The van der Waals surface area contributed by atoms with Crippen molar-refractivity contribution >= 4 is 11.9 Å². The molecule has 0 aliphatic heterocycles. The van der Waals surface area contributed by atoms with Crippen LogP contribution in [0.5, 0.6) is 0 Å². The first-order valence-electron chi connectivity index (χ1n) is 4.78. The zero-order valence-electron chi connectivity index (χ0n) is 8.67. The Morgan fingerprint density at radius 3 is 2.85 bits per heavy atom. The first kappa shape index (κ1) is 9.98. The van der Waals surface area contributed by atoms with Crippen LogP contribution >= 0.6 is 0 Å². The minimum Gasteiger partial charge on any atom is -0.480 e. The van der Waals surface area contributed by atoms with E-state index in [2.05, 4.69) is 5.32 Å². The van der Waals surface area contributed by atoms with Gasteiger partial charge in [-0.25, -0.2) is 4.79 Å². The SMILES string of the molecule is [2H]NCC(=O)N[C@@H](CCCC)C(=O)O. The van der Waals surface area contributed by atoms with Crippen molar-refractivity contribution in [1.82, 2.24) is 5.32 Å². The van der Waals surface area contributed by atoms with Gasteiger partial charge in [0.15, 0.2) is 0 Å². The molecule has 0 saturated carbocycles. The van der Waals surface area contributed by atoms with E-state index in [1.165, 1.54) is 0 Å². The van der Waals surface area contributed by atoms with Crippen molar-refractivity contribution in [2.45, 2.75) is 32.2 Å². The molecule has 0 radical (unpaired) electrons. The van der Waals surface area contributed by atoms with Gasteiger partial charge in [-0.2, -0.15) is 0 Å². The maximum Gasteiger partial charge on any atom is 0.326 e. The predicted molar refractivity (Wildman–Crippen MR) is 48.1 cm³/mol. The Morgan fingerprint density at radius 2 is 2.38 bits per heavy atom. The van der Waals surface area contributed by atoms with Crippen molar-refractivity contribution in [2.24, 2.45) is 5.73 Å². The van der Waals surface area contributed by atoms with Crippen LogP contribution in [0.3, 0.4) is 0 Å². The number of carbonyl (C=O) groups excluding carboxylic acids is 1. The normalized spacial score (nSPS) is 13.2. The number of unbranched alkanes of at least 4 members (excludes halogenated alkanes) is 1. The average molecular weight is 189 g/mol. The summed E-state index contributed by atoms with van der Waals surface area (Å²) < 4.78 is 6.56. The third kappa shape index (κ3) is 5.19. The van der Waals surface area contributed by atoms with Crippen LogP contribution in [0.1, 0.15) is 26.2 Å². The zero-order chi connectivity index (χ0) is 11.0. The molecule has 0 aromatic carbocycles. The second-order valence-electron chi connectivity index (χ2n) is 2.78. The fraction of sp³-hybridized carbons (Fsp3) is 0.750. The van der Waals surface area contributed by atoms with Crippen molar-refractivity contribution in [2.75, 3.05) is 6.54 Å². The smallest absolute Gasteiger partial charge is 0.326 e. The molecule has 0 heterocycles. The van der Waals surface area contributed by atoms with Gasteiger partial charge in [-0.15, -0.1) is 0 Å². The standard InChI is InChI=1S/C8H16N2O3/c1-2-3-4-6(8(12)13)10-7(11)5-9/h6H,2-5,9H2,1H3,(H,10,11)(H,12,13)/t6-/m0/s1/i/hD. The maximum atomic E-state index is 11.0. The summed E-state index contributed by atoms with van der Waals surface area (Å²) in [6, 6.07) is -0.837. The molecule has 0 saturated heterocycles. The van der Waals surface area contributed by atoms with Crippen molar-refractivity contribution in [3.63, 3.8) is 0 Å². The molecule has 4 N–H and O–H groups in total. The van der Waals surface area contributed by atoms with Crippen LogP contribution < -0.4 is 11.0 Å². The molecule has 0 rings (SSSR count). The molecule has 0 fully saturated rings. The van der Waals surface area contributed by atoms with Crippen LogP contribution in [0, 0.1) is 0 Å². The number of nitrogens with two attached hydrogens (primary N) is 1. The highest BCUT2D eigenvalue weighted by molar-refractivity contribution is 5.84. The fourth-order valence-electron chi connectivity index (χ4n) is 0.911. The minimum absolute atomic E-state index is 0.185. The summed E-state index contributed by atoms with van der Waals surface area (Å²) in [5, 5.41) is 11.1. The third-order valence-corrected chi connectivity index (χ3v) is 1.64. The quantitative estimate of drug-likeness (QED) is 0.513. The van der Waals surface area contributed by atoms with Crippen LogP contribution in [-0.2, 0) is 9.59 Å². The van der Waals surface area contributed by atoms with Crippen molar-refractivity contribution < 1.29 is 16.1 Å². The van der Waals surface area contributed by atoms with Crippen molar-refractivity contribution in [1.29, 1.82) is 0 Å². The lowest BCUT2D eigenvalue weighted by Gasteiger charge is -2.12. The molecule has 0 aromatic rings. The van der Waals surface area contributed by atoms with Crippen LogP contribution in [0.2, 0.25) is 1.41 Å². The van der Waals surface area contributed by atoms with E-state index in [4.69, 9.17) is 6.52 Å². The van der Waals surface area contributed by atoms with Crippen molar-refractivity contribution in [3.05, 3.63) is 0 Å². The van der Waals surface area contributed by atoms with E-state index in [1.807, 2.05) is 12.7 Å². The monoisotopic (exact) mass is 189 g/mol. The molecule has 76 valence electrons. The lowest BCUT2D eigenvalue weighted by Crippen LogP contribution is -2.43. The Hall–Kier alpha value is -1.10. The molecule has 0 aromatic heterocycles. The van der Waals surface area contributed by atoms with Gasteiger partial charge in [-0.3, -0.25) is 4.79 Å². The number of hydrogen-bond acceptors (Lipinski definition) is 3. The highest BCUT2D eigenvalue weighted by Crippen LogP contribution is 2.00. The van der Waals surface area contributed by atoms with Gasteiger partial charge in [-0.05, 0) is 6.42 Å². The zero-order valence-corrected chi connectivity index (χ0v) is 7.67. The van der Waals surface area contributed by atoms with Crippen LogP contribution in [-0.4, -0.2) is 29.6 Å². The van der Waals surface area contributed by atoms with E-state index in [-0.39, 0.29) is 6.54 Å². The lowest BCUT2D eigenvalue weighted by atomic mass is 10.1. The molecule has 1 amide bonds. The summed E-state index contributed by atoms with van der Waals surface area (Å²) in [6.07, 6.45) is 2.07. The van der Waals surface area contributed by atoms with E-state index < -0.39 is 17.9 Å². The Morgan fingerprint density at radius 1 is 1.69 bits per heavy atom. The second kappa shape index (κ2) is 6.42. The average Bonchev–Trinajstić information content (AvgIpc) is 2.12. The molecule has 1 atom stereocenters. The van der Waals surface area contributed by atoms with E-state index in [1.54, 1.807) is 0 Å².